The molecule has 1 saturated heterocycles. The number of carboxylic acids is 1. The van der Waals surface area contributed by atoms with E-state index in [4.69, 9.17) is 9.84 Å². The van der Waals surface area contributed by atoms with Crippen LogP contribution in [0.5, 0.6) is 0 Å². The van der Waals surface area contributed by atoms with E-state index in [1.807, 2.05) is 0 Å². The zero-order chi connectivity index (χ0) is 11.4. The molecule has 1 aliphatic heterocycles. The number of ether oxygens (including phenoxy) is 1. The van der Waals surface area contributed by atoms with Gasteiger partial charge in [-0.15, -0.1) is 11.3 Å². The molecule has 0 unspecified atom stereocenters. The molecule has 88 valence electrons. The van der Waals surface area contributed by atoms with Gasteiger partial charge in [-0.25, -0.2) is 4.79 Å². The molecule has 1 fully saturated rings. The summed E-state index contributed by atoms with van der Waals surface area (Å²) in [6, 6.07) is 2.24. The fraction of sp³-hybridized carbons (Fsp3) is 0.545. The maximum Gasteiger partial charge on any atom is 0.336 e. The van der Waals surface area contributed by atoms with E-state index in [1.54, 1.807) is 11.4 Å². The normalized spacial score (nSPS) is 17.5. The first-order valence-corrected chi connectivity index (χ1v) is 6.25. The summed E-state index contributed by atoms with van der Waals surface area (Å²) in [6.07, 6.45) is 2.08. The molecule has 0 amide bonds. The third-order valence-electron chi connectivity index (χ3n) is 2.69. The summed E-state index contributed by atoms with van der Waals surface area (Å²) >= 11 is 1.49. The maximum absolute atomic E-state index is 10.7. The lowest BCUT2D eigenvalue weighted by Crippen LogP contribution is -2.34. The monoisotopic (exact) mass is 241 g/mol. The lowest BCUT2D eigenvalue weighted by molar-refractivity contribution is 0.0697. The van der Waals surface area contributed by atoms with Crippen LogP contribution >= 0.6 is 11.3 Å². The molecule has 0 radical (unpaired) electrons. The van der Waals surface area contributed by atoms with Crippen LogP contribution in [-0.4, -0.2) is 30.3 Å². The Kier molecular flexibility index (Phi) is 3.93. The van der Waals surface area contributed by atoms with Crippen LogP contribution in [0.25, 0.3) is 0 Å². The second-order valence-electron chi connectivity index (χ2n) is 3.87. The Balaban J connectivity index is 1.81. The fourth-order valence-corrected chi connectivity index (χ4v) is 2.54. The van der Waals surface area contributed by atoms with Crippen molar-refractivity contribution < 1.29 is 14.6 Å². The van der Waals surface area contributed by atoms with E-state index in [1.165, 1.54) is 11.3 Å². The van der Waals surface area contributed by atoms with Crippen LogP contribution in [0.3, 0.4) is 0 Å². The van der Waals surface area contributed by atoms with Gasteiger partial charge in [-0.3, -0.25) is 0 Å². The van der Waals surface area contributed by atoms with Crippen molar-refractivity contribution in [1.82, 2.24) is 5.32 Å². The third kappa shape index (κ3) is 3.04. The number of hydrogen-bond donors (Lipinski definition) is 2. The largest absolute Gasteiger partial charge is 0.478 e. The van der Waals surface area contributed by atoms with Crippen molar-refractivity contribution in [3.63, 3.8) is 0 Å². The summed E-state index contributed by atoms with van der Waals surface area (Å²) in [5, 5.41) is 13.9. The molecular weight excluding hydrogens is 226 g/mol. The maximum atomic E-state index is 10.7. The second-order valence-corrected chi connectivity index (χ2v) is 4.87. The standard InChI is InChI=1S/C11H15NO3S/c13-11(14)8-5-10(16-7-8)6-12-9-1-3-15-4-2-9/h5,7,9,12H,1-4,6H2,(H,13,14). The Hall–Kier alpha value is -0.910. The lowest BCUT2D eigenvalue weighted by Gasteiger charge is -2.22. The van der Waals surface area contributed by atoms with Crippen LogP contribution in [-0.2, 0) is 11.3 Å². The molecule has 5 heteroatoms. The van der Waals surface area contributed by atoms with Gasteiger partial charge in [-0.2, -0.15) is 0 Å². The van der Waals surface area contributed by atoms with Crippen molar-refractivity contribution in [2.45, 2.75) is 25.4 Å². The Bertz CT molecular complexity index is 358. The molecule has 0 spiro atoms. The molecular formula is C11H15NO3S. The summed E-state index contributed by atoms with van der Waals surface area (Å²) in [7, 11) is 0. The summed E-state index contributed by atoms with van der Waals surface area (Å²) < 4.78 is 5.27. The second kappa shape index (κ2) is 5.43. The number of aromatic carboxylic acids is 1. The van der Waals surface area contributed by atoms with E-state index < -0.39 is 5.97 Å². The fourth-order valence-electron chi connectivity index (χ4n) is 1.73. The van der Waals surface area contributed by atoms with E-state index in [9.17, 15) is 4.79 Å². The van der Waals surface area contributed by atoms with Crippen molar-refractivity contribution in [3.05, 3.63) is 21.9 Å². The predicted molar refractivity (Wildman–Crippen MR) is 62.0 cm³/mol. The van der Waals surface area contributed by atoms with Gasteiger partial charge in [0.05, 0.1) is 5.56 Å². The predicted octanol–water partition coefficient (Wildman–Crippen LogP) is 1.71. The number of carbonyl (C=O) groups is 1. The minimum atomic E-state index is -0.853. The van der Waals surface area contributed by atoms with Crippen LogP contribution < -0.4 is 5.32 Å². The summed E-state index contributed by atoms with van der Waals surface area (Å²) in [6.45, 7) is 2.40. The minimum Gasteiger partial charge on any atom is -0.478 e. The molecule has 16 heavy (non-hydrogen) atoms. The SMILES string of the molecule is O=C(O)c1csc(CNC2CCOCC2)c1. The van der Waals surface area contributed by atoms with Crippen molar-refractivity contribution in [3.8, 4) is 0 Å². The third-order valence-corrected chi connectivity index (χ3v) is 3.62. The van der Waals surface area contributed by atoms with Crippen molar-refractivity contribution in [1.29, 1.82) is 0 Å². The highest BCUT2D eigenvalue weighted by Gasteiger charge is 2.13. The van der Waals surface area contributed by atoms with Gasteiger partial charge < -0.3 is 15.2 Å². The van der Waals surface area contributed by atoms with Crippen LogP contribution in [0.4, 0.5) is 0 Å². The van der Waals surface area contributed by atoms with E-state index in [0.717, 1.165) is 37.5 Å². The average molecular weight is 241 g/mol. The van der Waals surface area contributed by atoms with Gasteiger partial charge in [0.2, 0.25) is 0 Å². The smallest absolute Gasteiger partial charge is 0.336 e. The van der Waals surface area contributed by atoms with Gasteiger partial charge in [0.15, 0.2) is 0 Å². The van der Waals surface area contributed by atoms with Gasteiger partial charge in [-0.1, -0.05) is 0 Å². The quantitative estimate of drug-likeness (QED) is 0.842. The van der Waals surface area contributed by atoms with Crippen LogP contribution in [0, 0.1) is 0 Å². The molecule has 1 aromatic heterocycles. The Morgan fingerprint density at radius 1 is 1.56 bits per heavy atom. The first-order chi connectivity index (χ1) is 7.75. The molecule has 0 atom stereocenters. The van der Waals surface area contributed by atoms with Crippen LogP contribution in [0.2, 0.25) is 0 Å². The van der Waals surface area contributed by atoms with E-state index in [2.05, 4.69) is 5.32 Å². The summed E-state index contributed by atoms with van der Waals surface area (Å²) in [5.74, 6) is -0.853. The Morgan fingerprint density at radius 2 is 2.31 bits per heavy atom. The Labute approximate surface area is 98.2 Å². The highest BCUT2D eigenvalue weighted by Crippen LogP contribution is 2.15. The molecule has 2 N–H and O–H groups in total. The zero-order valence-electron chi connectivity index (χ0n) is 8.94. The molecule has 2 heterocycles. The first kappa shape index (κ1) is 11.6. The lowest BCUT2D eigenvalue weighted by atomic mass is 10.1. The molecule has 0 aromatic carbocycles. The number of thiophene rings is 1. The van der Waals surface area contributed by atoms with Crippen molar-refractivity contribution in [2.24, 2.45) is 0 Å². The molecule has 0 aliphatic carbocycles. The number of rotatable bonds is 4. The molecule has 1 aliphatic rings. The summed E-state index contributed by atoms with van der Waals surface area (Å²) in [5.41, 5.74) is 0.383. The molecule has 1 aromatic rings. The highest BCUT2D eigenvalue weighted by atomic mass is 32.1. The van der Waals surface area contributed by atoms with E-state index >= 15 is 0 Å². The Morgan fingerprint density at radius 3 is 2.94 bits per heavy atom. The highest BCUT2D eigenvalue weighted by molar-refractivity contribution is 7.10. The van der Waals surface area contributed by atoms with Gasteiger partial charge >= 0.3 is 5.97 Å². The van der Waals surface area contributed by atoms with Crippen molar-refractivity contribution >= 4 is 17.3 Å². The van der Waals surface area contributed by atoms with Crippen LogP contribution in [0.1, 0.15) is 28.1 Å². The first-order valence-electron chi connectivity index (χ1n) is 5.37. The van der Waals surface area contributed by atoms with Gasteiger partial charge in [-0.05, 0) is 18.9 Å². The van der Waals surface area contributed by atoms with Crippen LogP contribution in [0.15, 0.2) is 11.4 Å². The van der Waals surface area contributed by atoms with Gasteiger partial charge in [0, 0.05) is 36.1 Å². The van der Waals surface area contributed by atoms with E-state index in [0.29, 0.717) is 11.6 Å². The topological polar surface area (TPSA) is 58.6 Å². The molecule has 2 rings (SSSR count). The number of hydrogen-bond acceptors (Lipinski definition) is 4. The molecule has 4 nitrogen and oxygen atoms in total. The number of carboxylic acid groups (broad SMARTS) is 1. The van der Waals surface area contributed by atoms with Crippen molar-refractivity contribution in [2.75, 3.05) is 13.2 Å². The molecule has 0 saturated carbocycles. The van der Waals surface area contributed by atoms with Gasteiger partial charge in [0.1, 0.15) is 0 Å². The number of nitrogens with one attached hydrogen (secondary N) is 1. The summed E-state index contributed by atoms with van der Waals surface area (Å²) in [4.78, 5) is 11.8. The minimum absolute atomic E-state index is 0.383. The zero-order valence-corrected chi connectivity index (χ0v) is 9.76. The van der Waals surface area contributed by atoms with E-state index in [-0.39, 0.29) is 0 Å². The molecule has 0 bridgehead atoms. The van der Waals surface area contributed by atoms with Gasteiger partial charge in [0.25, 0.3) is 0 Å². The average Bonchev–Trinajstić information content (AvgIpc) is 2.76.